The van der Waals surface area contributed by atoms with Crippen molar-refractivity contribution in [2.24, 2.45) is 0 Å². The molecule has 1 unspecified atom stereocenters. The van der Waals surface area contributed by atoms with Crippen LogP contribution in [0.3, 0.4) is 0 Å². The topological polar surface area (TPSA) is 125 Å². The average molecular weight is 364 g/mol. The highest BCUT2D eigenvalue weighted by Gasteiger charge is 2.51. The molecule has 0 radical (unpaired) electrons. The van der Waals surface area contributed by atoms with Crippen molar-refractivity contribution in [3.8, 4) is 0 Å². The summed E-state index contributed by atoms with van der Waals surface area (Å²) in [5.41, 5.74) is -1.26. The van der Waals surface area contributed by atoms with Gasteiger partial charge in [0.25, 0.3) is 0 Å². The van der Waals surface area contributed by atoms with Crippen LogP contribution in [-0.2, 0) is 38.1 Å². The van der Waals surface area contributed by atoms with Gasteiger partial charge in [-0.15, -0.1) is 11.8 Å². The second-order valence-corrected chi connectivity index (χ2v) is 6.45. The monoisotopic (exact) mass is 364 g/mol. The predicted octanol–water partition coefficient (Wildman–Crippen LogP) is -0.222. The molecule has 1 aliphatic heterocycles. The number of thioether (sulfide) groups is 1. The number of rotatable bonds is 5. The smallest absolute Gasteiger partial charge is 0.303 e. The minimum atomic E-state index is -1.26. The Balaban J connectivity index is 3.11. The van der Waals surface area contributed by atoms with E-state index in [2.05, 4.69) is 0 Å². The van der Waals surface area contributed by atoms with Crippen LogP contribution in [0.5, 0.6) is 0 Å². The van der Waals surface area contributed by atoms with Crippen LogP contribution in [0, 0.1) is 0 Å². The van der Waals surface area contributed by atoms with E-state index in [-0.39, 0.29) is 6.61 Å². The van der Waals surface area contributed by atoms with E-state index in [1.807, 2.05) is 0 Å². The molecule has 1 fully saturated rings. The molecule has 1 aliphatic rings. The first-order chi connectivity index (χ1) is 11.1. The Morgan fingerprint density at radius 2 is 1.25 bits per heavy atom. The van der Waals surface area contributed by atoms with Crippen LogP contribution in [0.15, 0.2) is 0 Å². The van der Waals surface area contributed by atoms with Gasteiger partial charge in [0.1, 0.15) is 12.0 Å². The van der Waals surface area contributed by atoms with E-state index in [1.165, 1.54) is 6.92 Å². The minimum absolute atomic E-state index is 0.181. The first-order valence-electron chi connectivity index (χ1n) is 7.10. The SMILES string of the molecule is CC(=O)OC[C@H]1SC(O)[C@H](OC(C)=O)[C@@H](OC(C)=O)[C@H]1OC(C)=O. The molecule has 1 saturated heterocycles. The lowest BCUT2D eigenvalue weighted by molar-refractivity contribution is -0.191. The van der Waals surface area contributed by atoms with Gasteiger partial charge in [-0.1, -0.05) is 0 Å². The zero-order valence-electron chi connectivity index (χ0n) is 13.7. The summed E-state index contributed by atoms with van der Waals surface area (Å²) < 4.78 is 20.2. The molecule has 0 aromatic rings. The Labute approximate surface area is 142 Å². The molecule has 1 heterocycles. The van der Waals surface area contributed by atoms with Gasteiger partial charge in [0, 0.05) is 27.7 Å². The van der Waals surface area contributed by atoms with E-state index in [0.717, 1.165) is 32.5 Å². The summed E-state index contributed by atoms with van der Waals surface area (Å²) in [7, 11) is 0. The van der Waals surface area contributed by atoms with Crippen molar-refractivity contribution in [1.82, 2.24) is 0 Å². The summed E-state index contributed by atoms with van der Waals surface area (Å²) in [5, 5.41) is 9.50. The third kappa shape index (κ3) is 6.00. The number of ether oxygens (including phenoxy) is 4. The third-order valence-electron chi connectivity index (χ3n) is 2.97. The Morgan fingerprint density at radius 1 is 0.792 bits per heavy atom. The van der Waals surface area contributed by atoms with Crippen molar-refractivity contribution in [1.29, 1.82) is 0 Å². The summed E-state index contributed by atoms with van der Waals surface area (Å²) in [4.78, 5) is 45.0. The normalized spacial score (nSPS) is 29.3. The summed E-state index contributed by atoms with van der Waals surface area (Å²) in [6.07, 6.45) is -3.52. The second-order valence-electron chi connectivity index (χ2n) is 5.09. The Hall–Kier alpha value is -1.81. The molecule has 1 rings (SSSR count). The van der Waals surface area contributed by atoms with Gasteiger partial charge in [-0.2, -0.15) is 0 Å². The quantitative estimate of drug-likeness (QED) is 0.517. The Kier molecular flexibility index (Phi) is 7.49. The molecule has 0 aromatic heterocycles. The molecule has 0 aromatic carbocycles. The molecule has 5 atom stereocenters. The molecule has 0 bridgehead atoms. The molecule has 1 N–H and O–H groups in total. The average Bonchev–Trinajstić information content (AvgIpc) is 2.42. The molecular weight excluding hydrogens is 344 g/mol. The molecule has 9 nitrogen and oxygen atoms in total. The van der Waals surface area contributed by atoms with Crippen molar-refractivity contribution in [2.75, 3.05) is 6.61 Å². The molecule has 136 valence electrons. The van der Waals surface area contributed by atoms with Gasteiger partial charge in [-0.25, -0.2) is 0 Å². The first-order valence-corrected chi connectivity index (χ1v) is 8.04. The summed E-state index contributed by atoms with van der Waals surface area (Å²) in [6.45, 7) is 4.44. The van der Waals surface area contributed by atoms with E-state index < -0.39 is 52.9 Å². The van der Waals surface area contributed by atoms with E-state index in [0.29, 0.717) is 0 Å². The van der Waals surface area contributed by atoms with Gasteiger partial charge in [0.05, 0.1) is 5.25 Å². The van der Waals surface area contributed by atoms with E-state index >= 15 is 0 Å². The Bertz CT molecular complexity index is 506. The molecule has 10 heteroatoms. The first kappa shape index (κ1) is 20.2. The second kappa shape index (κ2) is 8.88. The Morgan fingerprint density at radius 3 is 1.71 bits per heavy atom. The maximum atomic E-state index is 11.4. The molecule has 24 heavy (non-hydrogen) atoms. The lowest BCUT2D eigenvalue weighted by Crippen LogP contribution is -2.58. The minimum Gasteiger partial charge on any atom is -0.465 e. The van der Waals surface area contributed by atoms with Crippen LogP contribution in [0.4, 0.5) is 0 Å². The van der Waals surface area contributed by atoms with Gasteiger partial charge in [-0.05, 0) is 0 Å². The molecule has 0 spiro atoms. The van der Waals surface area contributed by atoms with Crippen molar-refractivity contribution < 1.29 is 43.2 Å². The van der Waals surface area contributed by atoms with Crippen LogP contribution >= 0.6 is 11.8 Å². The van der Waals surface area contributed by atoms with Crippen molar-refractivity contribution in [2.45, 2.75) is 56.7 Å². The number of aliphatic hydroxyl groups is 1. The third-order valence-corrected chi connectivity index (χ3v) is 4.27. The molecule has 0 amide bonds. The van der Waals surface area contributed by atoms with Gasteiger partial charge in [0.2, 0.25) is 0 Å². The largest absolute Gasteiger partial charge is 0.465 e. The fraction of sp³-hybridized carbons (Fsp3) is 0.714. The number of aliphatic hydroxyl groups excluding tert-OH is 1. The van der Waals surface area contributed by atoms with E-state index in [9.17, 15) is 24.3 Å². The number of carbonyl (C=O) groups is 4. The van der Waals surface area contributed by atoms with Crippen LogP contribution in [-0.4, -0.2) is 64.6 Å². The number of hydrogen-bond donors (Lipinski definition) is 1. The van der Waals surface area contributed by atoms with Crippen LogP contribution in [0.1, 0.15) is 27.7 Å². The lowest BCUT2D eigenvalue weighted by Gasteiger charge is -2.42. The van der Waals surface area contributed by atoms with E-state index in [1.54, 1.807) is 0 Å². The van der Waals surface area contributed by atoms with Crippen molar-refractivity contribution in [3.63, 3.8) is 0 Å². The lowest BCUT2D eigenvalue weighted by atomic mass is 10.0. The number of carbonyl (C=O) groups excluding carboxylic acids is 4. The predicted molar refractivity (Wildman–Crippen MR) is 80.7 cm³/mol. The standard InChI is InChI=1S/C14H20O9S/c1-6(15)20-5-10-11(21-7(2)16)12(22-8(3)17)13(14(19)24-10)23-9(4)18/h10-14,19H,5H2,1-4H3/t10-,11+,12+,13-,14?/m1/s1. The van der Waals surface area contributed by atoms with Crippen molar-refractivity contribution >= 4 is 35.6 Å². The fourth-order valence-electron chi connectivity index (χ4n) is 2.21. The maximum Gasteiger partial charge on any atom is 0.303 e. The van der Waals surface area contributed by atoms with Crippen LogP contribution in [0.2, 0.25) is 0 Å². The van der Waals surface area contributed by atoms with Crippen molar-refractivity contribution in [3.05, 3.63) is 0 Å². The highest BCUT2D eigenvalue weighted by molar-refractivity contribution is 8.00. The summed E-state index contributed by atoms with van der Waals surface area (Å²) in [6, 6.07) is 0. The zero-order valence-corrected chi connectivity index (χ0v) is 14.5. The molecule has 0 saturated carbocycles. The zero-order chi connectivity index (χ0) is 18.4. The summed E-state index contributed by atoms with van der Waals surface area (Å²) >= 11 is 0.892. The molecule has 0 aliphatic carbocycles. The maximum absolute atomic E-state index is 11.4. The van der Waals surface area contributed by atoms with E-state index in [4.69, 9.17) is 18.9 Å². The van der Waals surface area contributed by atoms with Crippen LogP contribution < -0.4 is 0 Å². The highest BCUT2D eigenvalue weighted by atomic mass is 32.2. The highest BCUT2D eigenvalue weighted by Crippen LogP contribution is 2.36. The molecular formula is C14H20O9S. The summed E-state index contributed by atoms with van der Waals surface area (Å²) in [5.74, 6) is -2.63. The number of esters is 4. The van der Waals surface area contributed by atoms with Gasteiger partial charge < -0.3 is 24.1 Å². The fourth-order valence-corrected chi connectivity index (χ4v) is 3.44. The number of hydrogen-bond acceptors (Lipinski definition) is 10. The van der Waals surface area contributed by atoms with Gasteiger partial charge >= 0.3 is 23.9 Å². The van der Waals surface area contributed by atoms with Gasteiger partial charge in [0.15, 0.2) is 18.3 Å². The van der Waals surface area contributed by atoms with Crippen LogP contribution in [0.25, 0.3) is 0 Å². The van der Waals surface area contributed by atoms with Gasteiger partial charge in [-0.3, -0.25) is 19.2 Å².